The lowest BCUT2D eigenvalue weighted by Gasteiger charge is -2.24. The fourth-order valence-electron chi connectivity index (χ4n) is 3.34. The number of nitrogens with one attached hydrogen (secondary N) is 1. The van der Waals surface area contributed by atoms with Crippen molar-refractivity contribution in [1.29, 1.82) is 0 Å². The summed E-state index contributed by atoms with van der Waals surface area (Å²) in [6, 6.07) is 17.2. The van der Waals surface area contributed by atoms with E-state index in [0.717, 1.165) is 13.0 Å². The first-order valence-electron chi connectivity index (χ1n) is 8.43. The summed E-state index contributed by atoms with van der Waals surface area (Å²) in [7, 11) is 2.10. The van der Waals surface area contributed by atoms with Crippen molar-refractivity contribution in [2.45, 2.75) is 38.5 Å². The highest BCUT2D eigenvalue weighted by atomic mass is 16.3. The summed E-state index contributed by atoms with van der Waals surface area (Å²) in [5, 5.41) is 14.0. The Balaban J connectivity index is 1.73. The molecule has 2 aromatic carbocycles. The number of hydrogen-bond donors (Lipinski definition) is 2. The molecule has 3 atom stereocenters. The van der Waals surface area contributed by atoms with Gasteiger partial charge in [-0.05, 0) is 42.7 Å². The molecule has 2 N–H and O–H groups in total. The number of aliphatic hydroxyl groups excluding tert-OH is 1. The van der Waals surface area contributed by atoms with Crippen molar-refractivity contribution in [3.63, 3.8) is 0 Å². The molecular weight excluding hydrogens is 284 g/mol. The molecule has 3 nitrogen and oxygen atoms in total. The molecule has 3 heteroatoms. The standard InChI is InChI=1S/C20H26N2O/c1-4-22(3)17-11-9-15(10-12-17)14(2)21-20-18-8-6-5-7-16(18)13-19(20)23/h5-12,14,19-21,23H,4,13H2,1-3H3. The zero-order chi connectivity index (χ0) is 16.4. The average Bonchev–Trinajstić information content (AvgIpc) is 2.90. The SMILES string of the molecule is CCN(C)c1ccc(C(C)NC2c3ccccc3CC2O)cc1. The molecule has 3 unspecified atom stereocenters. The molecular formula is C20H26N2O. The van der Waals surface area contributed by atoms with Crippen molar-refractivity contribution in [1.82, 2.24) is 5.32 Å². The quantitative estimate of drug-likeness (QED) is 0.888. The van der Waals surface area contributed by atoms with Crippen molar-refractivity contribution in [3.05, 3.63) is 65.2 Å². The van der Waals surface area contributed by atoms with Gasteiger partial charge in [-0.2, -0.15) is 0 Å². The summed E-state index contributed by atoms with van der Waals surface area (Å²) in [4.78, 5) is 2.22. The van der Waals surface area contributed by atoms with Crippen LogP contribution in [-0.4, -0.2) is 24.8 Å². The van der Waals surface area contributed by atoms with Crippen LogP contribution in [0.25, 0.3) is 0 Å². The second kappa shape index (κ2) is 6.73. The summed E-state index contributed by atoms with van der Waals surface area (Å²) in [5.74, 6) is 0. The van der Waals surface area contributed by atoms with Crippen LogP contribution >= 0.6 is 0 Å². The second-order valence-corrected chi connectivity index (χ2v) is 6.44. The lowest BCUT2D eigenvalue weighted by Crippen LogP contribution is -2.31. The topological polar surface area (TPSA) is 35.5 Å². The number of nitrogens with zero attached hydrogens (tertiary/aromatic N) is 1. The molecule has 0 radical (unpaired) electrons. The van der Waals surface area contributed by atoms with Crippen LogP contribution in [0.3, 0.4) is 0 Å². The first-order chi connectivity index (χ1) is 11.1. The molecule has 0 amide bonds. The number of anilines is 1. The number of fused-ring (bicyclic) bond motifs is 1. The molecule has 0 fully saturated rings. The second-order valence-electron chi connectivity index (χ2n) is 6.44. The van der Waals surface area contributed by atoms with Gasteiger partial charge in [0.05, 0.1) is 12.1 Å². The van der Waals surface area contributed by atoms with E-state index in [0.29, 0.717) is 0 Å². The van der Waals surface area contributed by atoms with E-state index < -0.39 is 0 Å². The highest BCUT2D eigenvalue weighted by Crippen LogP contribution is 2.33. The van der Waals surface area contributed by atoms with Crippen LogP contribution in [0.1, 0.15) is 42.6 Å². The Labute approximate surface area is 139 Å². The van der Waals surface area contributed by atoms with E-state index in [-0.39, 0.29) is 18.2 Å². The van der Waals surface area contributed by atoms with Crippen molar-refractivity contribution in [2.75, 3.05) is 18.5 Å². The van der Waals surface area contributed by atoms with Crippen LogP contribution in [0.15, 0.2) is 48.5 Å². The predicted molar refractivity (Wildman–Crippen MR) is 95.8 cm³/mol. The van der Waals surface area contributed by atoms with E-state index in [4.69, 9.17) is 0 Å². The lowest BCUT2D eigenvalue weighted by atomic mass is 10.0. The monoisotopic (exact) mass is 310 g/mol. The molecule has 0 aromatic heterocycles. The van der Waals surface area contributed by atoms with E-state index in [1.807, 2.05) is 12.1 Å². The smallest absolute Gasteiger partial charge is 0.0775 e. The molecule has 0 spiro atoms. The maximum Gasteiger partial charge on any atom is 0.0775 e. The maximum atomic E-state index is 10.4. The summed E-state index contributed by atoms with van der Waals surface area (Å²) < 4.78 is 0. The third-order valence-electron chi connectivity index (χ3n) is 4.94. The highest BCUT2D eigenvalue weighted by Gasteiger charge is 2.31. The summed E-state index contributed by atoms with van der Waals surface area (Å²) in [6.07, 6.45) is 0.390. The molecule has 0 heterocycles. The Morgan fingerprint density at radius 3 is 2.57 bits per heavy atom. The predicted octanol–water partition coefficient (Wildman–Crippen LogP) is 3.45. The van der Waals surface area contributed by atoms with E-state index >= 15 is 0 Å². The minimum Gasteiger partial charge on any atom is -0.391 e. The minimum absolute atomic E-state index is 0.0131. The van der Waals surface area contributed by atoms with E-state index in [2.05, 4.69) is 67.5 Å². The van der Waals surface area contributed by atoms with Crippen LogP contribution in [0.5, 0.6) is 0 Å². The van der Waals surface area contributed by atoms with Crippen LogP contribution < -0.4 is 10.2 Å². The van der Waals surface area contributed by atoms with Gasteiger partial charge in [0, 0.05) is 31.7 Å². The molecule has 1 aliphatic rings. The molecule has 1 aliphatic carbocycles. The number of hydrogen-bond acceptors (Lipinski definition) is 3. The first-order valence-corrected chi connectivity index (χ1v) is 8.43. The normalized spacial score (nSPS) is 21.0. The molecule has 0 bridgehead atoms. The summed E-state index contributed by atoms with van der Waals surface area (Å²) in [6.45, 7) is 5.31. The third kappa shape index (κ3) is 3.26. The summed E-state index contributed by atoms with van der Waals surface area (Å²) in [5.41, 5.74) is 4.96. The Morgan fingerprint density at radius 1 is 1.17 bits per heavy atom. The number of benzene rings is 2. The van der Waals surface area contributed by atoms with E-state index in [1.165, 1.54) is 22.4 Å². The Bertz CT molecular complexity index is 653. The van der Waals surface area contributed by atoms with E-state index in [1.54, 1.807) is 0 Å². The molecule has 122 valence electrons. The van der Waals surface area contributed by atoms with Crippen molar-refractivity contribution >= 4 is 5.69 Å². The molecule has 0 saturated heterocycles. The Morgan fingerprint density at radius 2 is 1.87 bits per heavy atom. The van der Waals surface area contributed by atoms with Crippen LogP contribution in [0.2, 0.25) is 0 Å². The number of rotatable bonds is 5. The van der Waals surface area contributed by atoms with Gasteiger partial charge < -0.3 is 15.3 Å². The van der Waals surface area contributed by atoms with Gasteiger partial charge in [-0.3, -0.25) is 0 Å². The fraction of sp³-hybridized carbons (Fsp3) is 0.400. The lowest BCUT2D eigenvalue weighted by molar-refractivity contribution is 0.136. The van der Waals surface area contributed by atoms with Crippen molar-refractivity contribution < 1.29 is 5.11 Å². The Kier molecular flexibility index (Phi) is 4.69. The Hall–Kier alpha value is -1.84. The van der Waals surface area contributed by atoms with Crippen molar-refractivity contribution in [2.24, 2.45) is 0 Å². The van der Waals surface area contributed by atoms with Gasteiger partial charge in [-0.15, -0.1) is 0 Å². The maximum absolute atomic E-state index is 10.4. The van der Waals surface area contributed by atoms with Crippen LogP contribution in [-0.2, 0) is 6.42 Å². The highest BCUT2D eigenvalue weighted by molar-refractivity contribution is 5.47. The molecule has 0 saturated carbocycles. The molecule has 3 rings (SSSR count). The number of aliphatic hydroxyl groups is 1. The van der Waals surface area contributed by atoms with Gasteiger partial charge >= 0.3 is 0 Å². The van der Waals surface area contributed by atoms with Gasteiger partial charge in [0.2, 0.25) is 0 Å². The average molecular weight is 310 g/mol. The molecule has 2 aromatic rings. The van der Waals surface area contributed by atoms with Gasteiger partial charge in [-0.25, -0.2) is 0 Å². The first kappa shape index (κ1) is 16.0. The largest absolute Gasteiger partial charge is 0.391 e. The molecule has 0 aliphatic heterocycles. The van der Waals surface area contributed by atoms with Gasteiger partial charge in [0.25, 0.3) is 0 Å². The van der Waals surface area contributed by atoms with E-state index in [9.17, 15) is 5.11 Å². The van der Waals surface area contributed by atoms with Gasteiger partial charge in [0.15, 0.2) is 0 Å². The third-order valence-corrected chi connectivity index (χ3v) is 4.94. The van der Waals surface area contributed by atoms with Crippen LogP contribution in [0.4, 0.5) is 5.69 Å². The summed E-state index contributed by atoms with van der Waals surface area (Å²) >= 11 is 0. The zero-order valence-corrected chi connectivity index (χ0v) is 14.2. The zero-order valence-electron chi connectivity index (χ0n) is 14.2. The van der Waals surface area contributed by atoms with Gasteiger partial charge in [0.1, 0.15) is 0 Å². The fourth-order valence-corrected chi connectivity index (χ4v) is 3.34. The van der Waals surface area contributed by atoms with Crippen molar-refractivity contribution in [3.8, 4) is 0 Å². The van der Waals surface area contributed by atoms with Gasteiger partial charge in [-0.1, -0.05) is 36.4 Å². The van der Waals surface area contributed by atoms with Crippen LogP contribution in [0, 0.1) is 0 Å². The minimum atomic E-state index is -0.347. The molecule has 23 heavy (non-hydrogen) atoms.